The maximum atomic E-state index is 7.76. The molecule has 0 saturated carbocycles. The minimum absolute atomic E-state index is 0.778. The highest BCUT2D eigenvalue weighted by atomic mass is 15.4. The average Bonchev–Trinajstić information content (AvgIpc) is 1.81. The third-order valence-corrected chi connectivity index (χ3v) is 0.758. The van der Waals surface area contributed by atoms with E-state index in [1.807, 2.05) is 0 Å². The summed E-state index contributed by atoms with van der Waals surface area (Å²) in [4.78, 5) is 2.52. The van der Waals surface area contributed by atoms with Gasteiger partial charge in [0, 0.05) is 0 Å². The molecule has 4 heteroatoms. The molecule has 46 valence electrons. The molecule has 0 rings (SSSR count). The van der Waals surface area contributed by atoms with Crippen LogP contribution < -0.4 is 5.43 Å². The molecule has 0 aliphatic rings. The molecular formula is C4H10N4. The van der Waals surface area contributed by atoms with Crippen molar-refractivity contribution in [3.05, 3.63) is 10.4 Å². The fraction of sp³-hybridized carbons (Fsp3) is 1.00. The maximum absolute atomic E-state index is 7.76. The molecule has 0 aromatic rings. The van der Waals surface area contributed by atoms with Gasteiger partial charge in [-0.25, -0.2) is 0 Å². The second-order valence-electron chi connectivity index (χ2n) is 1.45. The Labute approximate surface area is 48.5 Å². The lowest BCUT2D eigenvalue weighted by Crippen LogP contribution is -2.04. The lowest BCUT2D eigenvalue weighted by molar-refractivity contribution is 0.665. The van der Waals surface area contributed by atoms with Gasteiger partial charge < -0.3 is 0 Å². The van der Waals surface area contributed by atoms with Crippen LogP contribution >= 0.6 is 0 Å². The quantitative estimate of drug-likeness (QED) is 0.195. The lowest BCUT2D eigenvalue weighted by atomic mass is 10.3. The first kappa shape index (κ1) is 7.11. The smallest absolute Gasteiger partial charge is 0.0859 e. The van der Waals surface area contributed by atoms with Crippen LogP contribution in [0.15, 0.2) is 5.22 Å². The standard InChI is InChI=1S/C4H10N4/c1-2-3-4-6-8-7-5/h6H,2-4H2,1H3. The molecule has 0 fully saturated rings. The van der Waals surface area contributed by atoms with Crippen LogP contribution in [0.1, 0.15) is 19.8 Å². The van der Waals surface area contributed by atoms with Gasteiger partial charge in [-0.05, 0) is 11.6 Å². The van der Waals surface area contributed by atoms with Gasteiger partial charge >= 0.3 is 0 Å². The third-order valence-electron chi connectivity index (χ3n) is 0.758. The Morgan fingerprint density at radius 1 is 1.75 bits per heavy atom. The van der Waals surface area contributed by atoms with Crippen LogP contribution in [0.3, 0.4) is 0 Å². The van der Waals surface area contributed by atoms with E-state index >= 15 is 0 Å². The zero-order chi connectivity index (χ0) is 6.24. The van der Waals surface area contributed by atoms with Gasteiger partial charge in [-0.1, -0.05) is 13.3 Å². The molecule has 0 aromatic carbocycles. The lowest BCUT2D eigenvalue weighted by Gasteiger charge is -1.88. The van der Waals surface area contributed by atoms with E-state index in [1.54, 1.807) is 0 Å². The topological polar surface area (TPSA) is 60.8 Å². The highest BCUT2D eigenvalue weighted by Crippen LogP contribution is 1.81. The summed E-state index contributed by atoms with van der Waals surface area (Å²) in [5.74, 6) is 0. The molecule has 1 N–H and O–H groups in total. The molecule has 4 nitrogen and oxygen atoms in total. The molecule has 8 heavy (non-hydrogen) atoms. The van der Waals surface area contributed by atoms with E-state index in [-0.39, 0.29) is 0 Å². The Hall–Kier alpha value is -0.890. The minimum Gasteiger partial charge on any atom is -0.261 e. The molecule has 0 heterocycles. The Kier molecular flexibility index (Phi) is 5.43. The minimum atomic E-state index is 0.778. The van der Waals surface area contributed by atoms with Crippen LogP contribution in [0.4, 0.5) is 0 Å². The van der Waals surface area contributed by atoms with Gasteiger partial charge in [0.05, 0.1) is 6.54 Å². The normalized spacial score (nSPS) is 7.62. The SMILES string of the molecule is CCCCNN=[N+]=[N-]. The van der Waals surface area contributed by atoms with E-state index in [9.17, 15) is 0 Å². The van der Waals surface area contributed by atoms with Gasteiger partial charge in [0.25, 0.3) is 0 Å². The molecular weight excluding hydrogens is 104 g/mol. The van der Waals surface area contributed by atoms with Gasteiger partial charge in [-0.2, -0.15) is 4.91 Å². The molecule has 0 spiro atoms. The van der Waals surface area contributed by atoms with Gasteiger partial charge in [-0.15, -0.1) is 5.53 Å². The summed E-state index contributed by atoms with van der Waals surface area (Å²) in [6.45, 7) is 2.86. The summed E-state index contributed by atoms with van der Waals surface area (Å²) in [5, 5.41) is 3.14. The molecule has 0 radical (unpaired) electrons. The fourth-order valence-electron chi connectivity index (χ4n) is 0.337. The summed E-state index contributed by atoms with van der Waals surface area (Å²) >= 11 is 0. The van der Waals surface area contributed by atoms with E-state index in [2.05, 4.69) is 22.5 Å². The van der Waals surface area contributed by atoms with Crippen molar-refractivity contribution in [1.29, 1.82) is 0 Å². The largest absolute Gasteiger partial charge is 0.261 e. The molecule has 0 amide bonds. The van der Waals surface area contributed by atoms with Crippen molar-refractivity contribution in [2.45, 2.75) is 19.8 Å². The predicted octanol–water partition coefficient (Wildman–Crippen LogP) is 1.60. The number of hydrogen-bond acceptors (Lipinski definition) is 1. The number of azide groups is 1. The predicted molar refractivity (Wildman–Crippen MR) is 32.1 cm³/mol. The van der Waals surface area contributed by atoms with Crippen LogP contribution in [0.25, 0.3) is 10.4 Å². The van der Waals surface area contributed by atoms with E-state index in [0.717, 1.165) is 19.4 Å². The Bertz CT molecular complexity index is 84.0. The first-order valence-electron chi connectivity index (χ1n) is 2.68. The first-order chi connectivity index (χ1) is 3.91. The average molecular weight is 114 g/mol. The monoisotopic (exact) mass is 114 g/mol. The van der Waals surface area contributed by atoms with Crippen molar-refractivity contribution < 1.29 is 0 Å². The number of hydrogen-bond donors (Lipinski definition) is 1. The summed E-state index contributed by atoms with van der Waals surface area (Å²) < 4.78 is 0. The van der Waals surface area contributed by atoms with Crippen LogP contribution in [-0.4, -0.2) is 6.54 Å². The number of rotatable bonds is 4. The van der Waals surface area contributed by atoms with Crippen molar-refractivity contribution in [2.24, 2.45) is 5.22 Å². The van der Waals surface area contributed by atoms with Gasteiger partial charge in [0.1, 0.15) is 0 Å². The van der Waals surface area contributed by atoms with Crippen molar-refractivity contribution >= 4 is 0 Å². The van der Waals surface area contributed by atoms with Crippen LogP contribution in [0.5, 0.6) is 0 Å². The van der Waals surface area contributed by atoms with Crippen molar-refractivity contribution in [3.8, 4) is 0 Å². The van der Waals surface area contributed by atoms with E-state index in [1.165, 1.54) is 0 Å². The molecule has 0 aliphatic heterocycles. The summed E-state index contributed by atoms with van der Waals surface area (Å²) in [6, 6.07) is 0. The zero-order valence-corrected chi connectivity index (χ0v) is 4.96. The Morgan fingerprint density at radius 3 is 3.00 bits per heavy atom. The van der Waals surface area contributed by atoms with Crippen molar-refractivity contribution in [3.63, 3.8) is 0 Å². The first-order valence-corrected chi connectivity index (χ1v) is 2.68. The molecule has 0 atom stereocenters. The van der Waals surface area contributed by atoms with Gasteiger partial charge in [0.15, 0.2) is 0 Å². The van der Waals surface area contributed by atoms with Gasteiger partial charge in [-0.3, -0.25) is 5.43 Å². The Morgan fingerprint density at radius 2 is 2.50 bits per heavy atom. The van der Waals surface area contributed by atoms with Crippen molar-refractivity contribution in [1.82, 2.24) is 5.43 Å². The molecule has 0 aromatic heterocycles. The number of unbranched alkanes of at least 4 members (excludes halogenated alkanes) is 1. The van der Waals surface area contributed by atoms with Crippen LogP contribution in [0, 0.1) is 0 Å². The van der Waals surface area contributed by atoms with Gasteiger partial charge in [0.2, 0.25) is 0 Å². The maximum Gasteiger partial charge on any atom is 0.0859 e. The number of nitrogens with one attached hydrogen (secondary N) is 1. The zero-order valence-electron chi connectivity index (χ0n) is 4.96. The summed E-state index contributed by atoms with van der Waals surface area (Å²) in [6.07, 6.45) is 2.17. The summed E-state index contributed by atoms with van der Waals surface area (Å²) in [7, 11) is 0. The molecule has 0 unspecified atom stereocenters. The highest BCUT2D eigenvalue weighted by molar-refractivity contribution is 4.40. The number of nitrogens with zero attached hydrogens (tertiary/aromatic N) is 3. The van der Waals surface area contributed by atoms with E-state index in [0.29, 0.717) is 0 Å². The highest BCUT2D eigenvalue weighted by Gasteiger charge is 1.79. The van der Waals surface area contributed by atoms with E-state index in [4.69, 9.17) is 5.53 Å². The van der Waals surface area contributed by atoms with Crippen LogP contribution in [0.2, 0.25) is 0 Å². The molecule has 0 aliphatic carbocycles. The van der Waals surface area contributed by atoms with Crippen LogP contribution in [-0.2, 0) is 0 Å². The fourth-order valence-corrected chi connectivity index (χ4v) is 0.337. The molecule has 0 bridgehead atoms. The van der Waals surface area contributed by atoms with Crippen molar-refractivity contribution in [2.75, 3.05) is 6.54 Å². The second kappa shape index (κ2) is 6.11. The third kappa shape index (κ3) is 5.11. The second-order valence-corrected chi connectivity index (χ2v) is 1.45. The van der Waals surface area contributed by atoms with E-state index < -0.39 is 0 Å². The summed E-state index contributed by atoms with van der Waals surface area (Å²) in [5.41, 5.74) is 10.3. The molecule has 0 saturated heterocycles. The Balaban J connectivity index is 2.82.